The van der Waals surface area contributed by atoms with Crippen molar-refractivity contribution in [1.29, 1.82) is 0 Å². The topological polar surface area (TPSA) is 0 Å². The lowest BCUT2D eigenvalue weighted by molar-refractivity contribution is 1.39. The quantitative estimate of drug-likeness (QED) is 0.684. The summed E-state index contributed by atoms with van der Waals surface area (Å²) in [4.78, 5) is 0. The van der Waals surface area contributed by atoms with Crippen LogP contribution in [0.4, 0.5) is 0 Å². The van der Waals surface area contributed by atoms with Crippen molar-refractivity contribution in [3.05, 3.63) is 65.8 Å². The summed E-state index contributed by atoms with van der Waals surface area (Å²) in [6.07, 6.45) is 6.33. The summed E-state index contributed by atoms with van der Waals surface area (Å²) in [7, 11) is 0. The number of rotatable bonds is 1. The summed E-state index contributed by atoms with van der Waals surface area (Å²) in [5, 5.41) is 0. The first-order valence-electron chi connectivity index (χ1n) is 5.50. The fourth-order valence-electron chi connectivity index (χ4n) is 1.83. The number of benzene rings is 1. The third-order valence-electron chi connectivity index (χ3n) is 2.74. The molecule has 0 fully saturated rings. The monoisotopic (exact) mass is 228 g/mol. The summed E-state index contributed by atoms with van der Waals surface area (Å²) in [5.74, 6) is 2.14. The molecule has 0 saturated carbocycles. The van der Waals surface area contributed by atoms with Gasteiger partial charge < -0.3 is 0 Å². The van der Waals surface area contributed by atoms with Crippen LogP contribution in [-0.2, 0) is 5.75 Å². The Kier molecular flexibility index (Phi) is 3.68. The third-order valence-corrected chi connectivity index (χ3v) is 3.77. The maximum Gasteiger partial charge on any atom is 0.0194 e. The van der Waals surface area contributed by atoms with Crippen molar-refractivity contribution < 1.29 is 0 Å². The zero-order chi connectivity index (χ0) is 11.4. The Labute approximate surface area is 102 Å². The number of thioether (sulfide) groups is 1. The summed E-state index contributed by atoms with van der Waals surface area (Å²) < 4.78 is 0. The molecule has 0 amide bonds. The molecule has 1 aromatic rings. The van der Waals surface area contributed by atoms with Gasteiger partial charge in [0, 0.05) is 11.5 Å². The van der Waals surface area contributed by atoms with Crippen LogP contribution in [0.15, 0.2) is 54.6 Å². The first-order chi connectivity index (χ1) is 7.83. The Balaban J connectivity index is 2.41. The summed E-state index contributed by atoms with van der Waals surface area (Å²) in [6.45, 7) is 6.27. The second-order valence-electron chi connectivity index (χ2n) is 3.85. The molecule has 82 valence electrons. The van der Waals surface area contributed by atoms with E-state index in [1.807, 2.05) is 18.7 Å². The first kappa shape index (κ1) is 11.3. The molecule has 0 aliphatic carbocycles. The SMILES string of the molecule is C=C1/C(=C/C=C/C)CSCc2ccccc21. The van der Waals surface area contributed by atoms with Crippen molar-refractivity contribution in [2.24, 2.45) is 0 Å². The lowest BCUT2D eigenvalue weighted by Gasteiger charge is -2.08. The summed E-state index contributed by atoms with van der Waals surface area (Å²) >= 11 is 1.96. The maximum absolute atomic E-state index is 4.23. The van der Waals surface area contributed by atoms with E-state index in [2.05, 4.69) is 49.1 Å². The van der Waals surface area contributed by atoms with E-state index in [1.54, 1.807) is 0 Å². The lowest BCUT2D eigenvalue weighted by atomic mass is 9.96. The van der Waals surface area contributed by atoms with Gasteiger partial charge in [-0.1, -0.05) is 49.1 Å². The molecule has 0 N–H and O–H groups in total. The van der Waals surface area contributed by atoms with Crippen molar-refractivity contribution in [2.45, 2.75) is 12.7 Å². The van der Waals surface area contributed by atoms with Crippen LogP contribution in [-0.4, -0.2) is 5.75 Å². The molecule has 0 spiro atoms. The Morgan fingerprint density at radius 2 is 2.06 bits per heavy atom. The Bertz CT molecular complexity index is 452. The molecule has 0 nitrogen and oxygen atoms in total. The highest BCUT2D eigenvalue weighted by Crippen LogP contribution is 2.33. The normalized spacial score (nSPS) is 18.8. The van der Waals surface area contributed by atoms with E-state index in [0.717, 1.165) is 11.5 Å². The van der Waals surface area contributed by atoms with Crippen LogP contribution in [0, 0.1) is 0 Å². The zero-order valence-electron chi connectivity index (χ0n) is 9.57. The van der Waals surface area contributed by atoms with Crippen LogP contribution in [0.25, 0.3) is 5.57 Å². The average Bonchev–Trinajstić information content (AvgIpc) is 2.47. The summed E-state index contributed by atoms with van der Waals surface area (Å²) in [5.41, 5.74) is 5.23. The minimum absolute atomic E-state index is 1.05. The van der Waals surface area contributed by atoms with Gasteiger partial charge in [-0.05, 0) is 29.2 Å². The Hall–Kier alpha value is -1.21. The van der Waals surface area contributed by atoms with Gasteiger partial charge in [-0.3, -0.25) is 0 Å². The van der Waals surface area contributed by atoms with Crippen LogP contribution in [0.3, 0.4) is 0 Å². The van der Waals surface area contributed by atoms with Crippen molar-refractivity contribution in [1.82, 2.24) is 0 Å². The third kappa shape index (κ3) is 2.30. The molecule has 16 heavy (non-hydrogen) atoms. The Morgan fingerprint density at radius 3 is 2.88 bits per heavy atom. The van der Waals surface area contributed by atoms with E-state index in [-0.39, 0.29) is 0 Å². The first-order valence-corrected chi connectivity index (χ1v) is 6.65. The lowest BCUT2D eigenvalue weighted by Crippen LogP contribution is -1.90. The zero-order valence-corrected chi connectivity index (χ0v) is 10.4. The molecule has 1 heterocycles. The van der Waals surface area contributed by atoms with Gasteiger partial charge in [0.1, 0.15) is 0 Å². The number of fused-ring (bicyclic) bond motifs is 1. The number of hydrogen-bond acceptors (Lipinski definition) is 1. The fourth-order valence-corrected chi connectivity index (χ4v) is 2.90. The van der Waals surface area contributed by atoms with Gasteiger partial charge in [0.2, 0.25) is 0 Å². The highest BCUT2D eigenvalue weighted by atomic mass is 32.2. The van der Waals surface area contributed by atoms with Crippen LogP contribution < -0.4 is 0 Å². The van der Waals surface area contributed by atoms with Gasteiger partial charge in [0.25, 0.3) is 0 Å². The molecule has 0 unspecified atom stereocenters. The molecule has 1 aromatic carbocycles. The predicted molar refractivity (Wildman–Crippen MR) is 74.5 cm³/mol. The highest BCUT2D eigenvalue weighted by molar-refractivity contribution is 7.98. The van der Waals surface area contributed by atoms with E-state index in [0.29, 0.717) is 0 Å². The summed E-state index contributed by atoms with van der Waals surface area (Å²) in [6, 6.07) is 8.57. The molecule has 1 aliphatic rings. The molecule has 1 aliphatic heterocycles. The largest absolute Gasteiger partial charge is 0.152 e. The van der Waals surface area contributed by atoms with Gasteiger partial charge in [-0.25, -0.2) is 0 Å². The number of hydrogen-bond donors (Lipinski definition) is 0. The molecule has 1 heteroatoms. The van der Waals surface area contributed by atoms with Crippen molar-refractivity contribution in [3.63, 3.8) is 0 Å². The van der Waals surface area contributed by atoms with E-state index in [4.69, 9.17) is 0 Å². The highest BCUT2D eigenvalue weighted by Gasteiger charge is 2.13. The molecule has 0 bridgehead atoms. The standard InChI is InChI=1S/C15H16S/c1-3-4-7-13-10-16-11-14-8-5-6-9-15(14)12(13)2/h3-9H,2,10-11H2,1H3/b4-3+,13-7+. The van der Waals surface area contributed by atoms with Crippen molar-refractivity contribution in [3.8, 4) is 0 Å². The van der Waals surface area contributed by atoms with Gasteiger partial charge in [0.05, 0.1) is 0 Å². The molecule has 0 atom stereocenters. The number of allylic oxidation sites excluding steroid dienone is 4. The average molecular weight is 228 g/mol. The van der Waals surface area contributed by atoms with Crippen LogP contribution in [0.1, 0.15) is 18.1 Å². The fraction of sp³-hybridized carbons (Fsp3) is 0.200. The molecule has 0 saturated heterocycles. The molecule has 0 aromatic heterocycles. The molecule has 2 rings (SSSR count). The molecular weight excluding hydrogens is 212 g/mol. The molecule has 0 radical (unpaired) electrons. The second-order valence-corrected chi connectivity index (χ2v) is 4.83. The van der Waals surface area contributed by atoms with Crippen molar-refractivity contribution in [2.75, 3.05) is 5.75 Å². The minimum Gasteiger partial charge on any atom is -0.152 e. The predicted octanol–water partition coefficient (Wildman–Crippen LogP) is 4.45. The smallest absolute Gasteiger partial charge is 0.0194 e. The minimum atomic E-state index is 1.05. The Morgan fingerprint density at radius 1 is 1.25 bits per heavy atom. The molecular formula is C15H16S. The van der Waals surface area contributed by atoms with Crippen LogP contribution in [0.5, 0.6) is 0 Å². The van der Waals surface area contributed by atoms with E-state index < -0.39 is 0 Å². The van der Waals surface area contributed by atoms with Crippen LogP contribution >= 0.6 is 11.8 Å². The van der Waals surface area contributed by atoms with Gasteiger partial charge in [0.15, 0.2) is 0 Å². The maximum atomic E-state index is 4.23. The van der Waals surface area contributed by atoms with E-state index in [1.165, 1.54) is 22.3 Å². The van der Waals surface area contributed by atoms with E-state index in [9.17, 15) is 0 Å². The van der Waals surface area contributed by atoms with Crippen LogP contribution in [0.2, 0.25) is 0 Å². The van der Waals surface area contributed by atoms with Gasteiger partial charge >= 0.3 is 0 Å². The van der Waals surface area contributed by atoms with Gasteiger partial charge in [-0.2, -0.15) is 11.8 Å². The van der Waals surface area contributed by atoms with E-state index >= 15 is 0 Å². The second kappa shape index (κ2) is 5.22. The van der Waals surface area contributed by atoms with Crippen molar-refractivity contribution >= 4 is 17.3 Å². The van der Waals surface area contributed by atoms with Gasteiger partial charge in [-0.15, -0.1) is 0 Å².